The lowest BCUT2D eigenvalue weighted by atomic mass is 10.0. The van der Waals surface area contributed by atoms with Gasteiger partial charge in [-0.25, -0.2) is 8.42 Å². The molecule has 1 aromatic rings. The first-order valence-corrected chi connectivity index (χ1v) is 9.10. The minimum absolute atomic E-state index is 0.234. The van der Waals surface area contributed by atoms with Crippen LogP contribution in [0.3, 0.4) is 0 Å². The molecule has 0 bridgehead atoms. The molecule has 6 heteroatoms. The fraction of sp³-hybridized carbons (Fsp3) is 0.500. The maximum Gasteiger partial charge on any atom is 0.152 e. The van der Waals surface area contributed by atoms with Crippen LogP contribution in [0.2, 0.25) is 0 Å². The van der Waals surface area contributed by atoms with Crippen molar-refractivity contribution >= 4 is 41.7 Å². The summed E-state index contributed by atoms with van der Waals surface area (Å²) in [5, 5.41) is 3.36. The van der Waals surface area contributed by atoms with E-state index in [0.717, 1.165) is 14.5 Å². The molecule has 0 amide bonds. The van der Waals surface area contributed by atoms with E-state index in [-0.39, 0.29) is 11.3 Å². The molecule has 1 aliphatic rings. The molecule has 0 spiro atoms. The van der Waals surface area contributed by atoms with Gasteiger partial charge in [-0.2, -0.15) is 0 Å². The Morgan fingerprint density at radius 3 is 2.61 bits per heavy atom. The van der Waals surface area contributed by atoms with Crippen molar-refractivity contribution in [3.05, 3.63) is 32.7 Å². The van der Waals surface area contributed by atoms with Crippen LogP contribution in [-0.2, 0) is 16.4 Å². The lowest BCUT2D eigenvalue weighted by Gasteiger charge is -2.24. The van der Waals surface area contributed by atoms with E-state index in [4.69, 9.17) is 0 Å². The quantitative estimate of drug-likeness (QED) is 0.854. The van der Waals surface area contributed by atoms with Gasteiger partial charge in [0.2, 0.25) is 0 Å². The summed E-state index contributed by atoms with van der Waals surface area (Å²) in [6.07, 6.45) is 0.688. The molecule has 1 unspecified atom stereocenters. The van der Waals surface area contributed by atoms with Gasteiger partial charge in [0.05, 0.1) is 11.5 Å². The minimum Gasteiger partial charge on any atom is -0.306 e. The highest BCUT2D eigenvalue weighted by atomic mass is 79.9. The maximum absolute atomic E-state index is 11.5. The average molecular weight is 397 g/mol. The molecule has 3 nitrogen and oxygen atoms in total. The first-order valence-electron chi connectivity index (χ1n) is 5.69. The Kier molecular flexibility index (Phi) is 4.21. The van der Waals surface area contributed by atoms with Crippen LogP contribution in [0.15, 0.2) is 27.1 Å². The van der Waals surface area contributed by atoms with Crippen molar-refractivity contribution in [1.82, 2.24) is 5.32 Å². The Bertz CT molecular complexity index is 559. The van der Waals surface area contributed by atoms with Gasteiger partial charge in [-0.05, 0) is 62.9 Å². The van der Waals surface area contributed by atoms with Gasteiger partial charge < -0.3 is 5.32 Å². The van der Waals surface area contributed by atoms with Crippen molar-refractivity contribution in [2.24, 2.45) is 0 Å². The third-order valence-corrected chi connectivity index (χ3v) is 6.99. The van der Waals surface area contributed by atoms with Crippen LogP contribution in [0.4, 0.5) is 0 Å². The topological polar surface area (TPSA) is 46.2 Å². The van der Waals surface area contributed by atoms with E-state index in [1.54, 1.807) is 0 Å². The number of rotatable bonds is 3. The third-order valence-electron chi connectivity index (χ3n) is 3.21. The summed E-state index contributed by atoms with van der Waals surface area (Å²) in [5.74, 6) is 0.526. The molecule has 2 rings (SSSR count). The molecule has 1 aliphatic heterocycles. The van der Waals surface area contributed by atoms with Gasteiger partial charge in [-0.3, -0.25) is 0 Å². The van der Waals surface area contributed by atoms with Crippen LogP contribution < -0.4 is 5.32 Å². The first-order chi connectivity index (χ1) is 8.30. The Balaban J connectivity index is 2.02. The normalized spacial score (nSPS) is 26.4. The zero-order valence-electron chi connectivity index (χ0n) is 10.0. The fourth-order valence-electron chi connectivity index (χ4n) is 2.11. The highest BCUT2D eigenvalue weighted by molar-refractivity contribution is 9.13. The SMILES string of the molecule is CC1(NCc2ccc(Br)c(Br)c2)CCS(=O)(=O)C1. The number of benzene rings is 1. The predicted octanol–water partition coefficient (Wildman–Crippen LogP) is 2.88. The van der Waals surface area contributed by atoms with E-state index >= 15 is 0 Å². The molecule has 1 N–H and O–H groups in total. The van der Waals surface area contributed by atoms with E-state index in [1.807, 2.05) is 25.1 Å². The summed E-state index contributed by atoms with van der Waals surface area (Å²) >= 11 is 6.89. The molecular formula is C12H15Br2NO2S. The maximum atomic E-state index is 11.5. The molecule has 1 heterocycles. The summed E-state index contributed by atoms with van der Waals surface area (Å²) in [6, 6.07) is 6.04. The fourth-order valence-corrected chi connectivity index (χ4v) is 4.91. The van der Waals surface area contributed by atoms with Crippen molar-refractivity contribution in [2.75, 3.05) is 11.5 Å². The summed E-state index contributed by atoms with van der Waals surface area (Å²) in [5.41, 5.74) is 0.842. The summed E-state index contributed by atoms with van der Waals surface area (Å²) < 4.78 is 25.0. The summed E-state index contributed by atoms with van der Waals surface area (Å²) in [4.78, 5) is 0. The second-order valence-electron chi connectivity index (χ2n) is 5.00. The monoisotopic (exact) mass is 395 g/mol. The van der Waals surface area contributed by atoms with E-state index in [9.17, 15) is 8.42 Å². The molecule has 1 atom stereocenters. The second-order valence-corrected chi connectivity index (χ2v) is 8.90. The van der Waals surface area contributed by atoms with Crippen LogP contribution in [0.1, 0.15) is 18.9 Å². The molecule has 100 valence electrons. The molecule has 0 saturated carbocycles. The molecule has 0 aromatic heterocycles. The lowest BCUT2D eigenvalue weighted by Crippen LogP contribution is -2.42. The second kappa shape index (κ2) is 5.23. The molecule has 1 aromatic carbocycles. The van der Waals surface area contributed by atoms with E-state index in [1.165, 1.54) is 0 Å². The van der Waals surface area contributed by atoms with Gasteiger partial charge in [0.25, 0.3) is 0 Å². The van der Waals surface area contributed by atoms with Crippen molar-refractivity contribution < 1.29 is 8.42 Å². The molecule has 1 saturated heterocycles. The minimum atomic E-state index is -2.85. The van der Waals surface area contributed by atoms with Gasteiger partial charge in [0.1, 0.15) is 0 Å². The summed E-state index contributed by atoms with van der Waals surface area (Å²) in [6.45, 7) is 2.66. The third kappa shape index (κ3) is 3.56. The van der Waals surface area contributed by atoms with Crippen molar-refractivity contribution in [1.29, 1.82) is 0 Å². The molecular weight excluding hydrogens is 382 g/mol. The van der Waals surface area contributed by atoms with Crippen molar-refractivity contribution in [3.63, 3.8) is 0 Å². The zero-order valence-corrected chi connectivity index (χ0v) is 14.0. The van der Waals surface area contributed by atoms with Gasteiger partial charge >= 0.3 is 0 Å². The Morgan fingerprint density at radius 1 is 1.33 bits per heavy atom. The van der Waals surface area contributed by atoms with Gasteiger partial charge in [-0.15, -0.1) is 0 Å². The average Bonchev–Trinajstić information content (AvgIpc) is 2.56. The van der Waals surface area contributed by atoms with Crippen LogP contribution in [0, 0.1) is 0 Å². The van der Waals surface area contributed by atoms with Crippen molar-refractivity contribution in [3.8, 4) is 0 Å². The smallest absolute Gasteiger partial charge is 0.152 e. The van der Waals surface area contributed by atoms with E-state index in [0.29, 0.717) is 18.7 Å². The van der Waals surface area contributed by atoms with Gasteiger partial charge in [0.15, 0.2) is 9.84 Å². The Labute approximate surface area is 125 Å². The predicted molar refractivity (Wildman–Crippen MR) is 80.4 cm³/mol. The molecule has 0 aliphatic carbocycles. The highest BCUT2D eigenvalue weighted by Gasteiger charge is 2.37. The van der Waals surface area contributed by atoms with Gasteiger partial charge in [-0.1, -0.05) is 6.07 Å². The van der Waals surface area contributed by atoms with Crippen LogP contribution >= 0.6 is 31.9 Å². The first kappa shape index (κ1) is 14.5. The van der Waals surface area contributed by atoms with Crippen LogP contribution in [-0.4, -0.2) is 25.5 Å². The molecule has 18 heavy (non-hydrogen) atoms. The Hall–Kier alpha value is 0.0900. The molecule has 0 radical (unpaired) electrons. The van der Waals surface area contributed by atoms with Gasteiger partial charge in [0, 0.05) is 21.0 Å². The number of nitrogens with one attached hydrogen (secondary N) is 1. The number of hydrogen-bond acceptors (Lipinski definition) is 3. The number of hydrogen-bond donors (Lipinski definition) is 1. The van der Waals surface area contributed by atoms with E-state index < -0.39 is 9.84 Å². The standard InChI is InChI=1S/C12H15Br2NO2S/c1-12(4-5-18(16,17)8-12)15-7-9-2-3-10(13)11(14)6-9/h2-3,6,15H,4-5,7-8H2,1H3. The lowest BCUT2D eigenvalue weighted by molar-refractivity contribution is 0.395. The summed E-state index contributed by atoms with van der Waals surface area (Å²) in [7, 11) is -2.85. The van der Waals surface area contributed by atoms with Crippen LogP contribution in [0.25, 0.3) is 0 Å². The number of sulfone groups is 1. The zero-order chi connectivity index (χ0) is 13.4. The van der Waals surface area contributed by atoms with Crippen LogP contribution in [0.5, 0.6) is 0 Å². The Morgan fingerprint density at radius 2 is 2.06 bits per heavy atom. The largest absolute Gasteiger partial charge is 0.306 e. The van der Waals surface area contributed by atoms with E-state index in [2.05, 4.69) is 37.2 Å². The molecule has 1 fully saturated rings. The van der Waals surface area contributed by atoms with Crippen molar-refractivity contribution in [2.45, 2.75) is 25.4 Å². The highest BCUT2D eigenvalue weighted by Crippen LogP contribution is 2.26. The number of halogens is 2.